The van der Waals surface area contributed by atoms with Crippen LogP contribution in [-0.4, -0.2) is 168 Å². The van der Waals surface area contributed by atoms with Gasteiger partial charge in [-0.2, -0.15) is 7.06 Å². The maximum Gasteiger partial charge on any atom is 0.362 e. The minimum atomic E-state index is -0.991. The van der Waals surface area contributed by atoms with E-state index in [1.165, 1.54) is 5.69 Å². The Morgan fingerprint density at radius 2 is 1.38 bits per heavy atom. The van der Waals surface area contributed by atoms with Gasteiger partial charge in [0.15, 0.2) is 6.04 Å². The van der Waals surface area contributed by atoms with Gasteiger partial charge >= 0.3 is 11.9 Å². The molecule has 1 fully saturated rings. The van der Waals surface area contributed by atoms with E-state index in [-0.39, 0.29) is 75.1 Å². The van der Waals surface area contributed by atoms with Crippen LogP contribution >= 0.6 is 23.2 Å². The Kier molecular flexibility index (Phi) is 30.5. The highest BCUT2D eigenvalue weighted by Gasteiger charge is 2.47. The van der Waals surface area contributed by atoms with Gasteiger partial charge in [0.1, 0.15) is 17.5 Å². The Morgan fingerprint density at radius 1 is 0.906 bits per heavy atom. The summed E-state index contributed by atoms with van der Waals surface area (Å²) in [7, 11) is 27.8. The Hall–Kier alpha value is -1.39. The van der Waals surface area contributed by atoms with E-state index in [9.17, 15) is 9.59 Å². The molecule has 7 N–H and O–H groups in total. The zero-order valence-corrected chi connectivity index (χ0v) is 29.0. The van der Waals surface area contributed by atoms with E-state index in [4.69, 9.17) is 70.1 Å². The van der Waals surface area contributed by atoms with Crippen molar-refractivity contribution in [3.05, 3.63) is 59.7 Å². The molecule has 0 saturated carbocycles. The average Bonchev–Trinajstić information content (AvgIpc) is 3.07. The lowest BCUT2D eigenvalue weighted by molar-refractivity contribution is -0.407. The maximum atomic E-state index is 11.0. The number of nitrogens with two attached hydrogens (primary N) is 1. The number of anilines is 2. The Morgan fingerprint density at radius 3 is 1.77 bits per heavy atom. The van der Waals surface area contributed by atoms with Crippen LogP contribution in [0.4, 0.5) is 11.4 Å². The van der Waals surface area contributed by atoms with E-state index < -0.39 is 30.4 Å². The number of aliphatic carboxylic acids is 2. The first-order valence-electron chi connectivity index (χ1n) is 15.4. The molecular weight excluding hydrogens is 713 g/mol. The molecule has 1 aliphatic rings. The number of quaternary nitrogens is 1. The summed E-state index contributed by atoms with van der Waals surface area (Å²) in [4.78, 5) is 26.2. The normalized spacial score (nSPS) is 13.0. The van der Waals surface area contributed by atoms with Gasteiger partial charge in [-0.15, -0.1) is 29.6 Å². The molecule has 2 unspecified atom stereocenters. The Bertz CT molecular complexity index is 1270. The SMILES string of the molecule is C.C.C.C.NC(Cc1ccc(N(CCCl)CCCl)cc1)C(=O)O.[B]B([B])B(B([B])[BH3-])B(B([B])[B][BH3-])[S+]1CCN(c2ccc(CC([NH3+])C(=O)O)cc2)CC1. The van der Waals surface area contributed by atoms with E-state index in [1.54, 1.807) is 0 Å². The quantitative estimate of drug-likeness (QED) is 0.0793. The molecule has 1 heterocycles. The smallest absolute Gasteiger partial charge is 0.362 e. The Balaban J connectivity index is -0.000000953. The molecule has 1 aliphatic heterocycles. The summed E-state index contributed by atoms with van der Waals surface area (Å²) in [5.41, 5.74) is 13.3. The van der Waals surface area contributed by atoms with Gasteiger partial charge in [0.2, 0.25) is 0 Å². The van der Waals surface area contributed by atoms with E-state index in [0.29, 0.717) is 30.4 Å². The molecule has 0 aromatic heterocycles. The number of benzene rings is 2. The third kappa shape index (κ3) is 18.4. The van der Waals surface area contributed by atoms with Crippen molar-refractivity contribution in [3.8, 4) is 0 Å². The van der Waals surface area contributed by atoms with E-state index in [0.717, 1.165) is 54.5 Å². The van der Waals surface area contributed by atoms with Gasteiger partial charge in [0.25, 0.3) is 5.77 Å². The highest BCUT2D eigenvalue weighted by molar-refractivity contribution is 8.41. The monoisotopic (exact) mass is 773 g/mol. The van der Waals surface area contributed by atoms with Crippen molar-refractivity contribution >= 4 is 142 Å². The van der Waals surface area contributed by atoms with Crippen LogP contribution in [-0.2, 0) is 33.2 Å². The highest BCUT2D eigenvalue weighted by Crippen LogP contribution is 2.22. The molecule has 0 spiro atoms. The van der Waals surface area contributed by atoms with E-state index in [2.05, 4.69) is 34.7 Å². The molecule has 0 bridgehead atoms. The predicted molar refractivity (Wildman–Crippen MR) is 258 cm³/mol. The number of hydrogen-bond acceptors (Lipinski definition) is 5. The molecule has 1 saturated heterocycles. The third-order valence-corrected chi connectivity index (χ3v) is 11.1. The molecule has 23 heteroatoms. The van der Waals surface area contributed by atoms with Crippen molar-refractivity contribution in [3.63, 3.8) is 0 Å². The molecule has 9 radical (unpaired) electrons. The summed E-state index contributed by atoms with van der Waals surface area (Å²) in [5, 5.41) is 17.8. The van der Waals surface area contributed by atoms with Crippen LogP contribution < -0.4 is 21.3 Å². The van der Waals surface area contributed by atoms with Crippen LogP contribution in [0.5, 0.6) is 0 Å². The summed E-state index contributed by atoms with van der Waals surface area (Å²) in [5.74, 6) is 1.69. The van der Waals surface area contributed by atoms with Gasteiger partial charge < -0.3 is 31.5 Å². The summed E-state index contributed by atoms with van der Waals surface area (Å²) in [6, 6.07) is 14.3. The first kappa shape index (κ1) is 55.9. The van der Waals surface area contributed by atoms with Crippen molar-refractivity contribution in [1.29, 1.82) is 0 Å². The largest absolute Gasteiger partial charge is 0.480 e. The molecule has 8 nitrogen and oxygen atoms in total. The summed E-state index contributed by atoms with van der Waals surface area (Å²) < 4.78 is 0. The molecule has 0 amide bonds. The maximum absolute atomic E-state index is 11.0. The number of carboxylic acids is 2. The second kappa shape index (κ2) is 28.9. The summed E-state index contributed by atoms with van der Waals surface area (Å²) in [6.45, 7) is 3.41. The van der Waals surface area contributed by atoms with Crippen LogP contribution in [0.15, 0.2) is 48.5 Å². The molecule has 279 valence electrons. The number of carboxylic acid groups (broad SMARTS) is 2. The lowest BCUT2D eigenvalue weighted by Gasteiger charge is -2.38. The number of alkyl halides is 2. The summed E-state index contributed by atoms with van der Waals surface area (Å²) >= 11 is 11.5. The van der Waals surface area contributed by atoms with E-state index in [1.807, 2.05) is 36.4 Å². The lowest BCUT2D eigenvalue weighted by atomic mass is 8.58. The highest BCUT2D eigenvalue weighted by atomic mass is 35.5. The Labute approximate surface area is 345 Å². The van der Waals surface area contributed by atoms with Crippen molar-refractivity contribution in [2.75, 3.05) is 59.2 Å². The second-order valence-corrected chi connectivity index (χ2v) is 14.6. The minimum Gasteiger partial charge on any atom is -0.480 e. The number of nitrogens with zero attached hydrogens (tertiary/aromatic N) is 2. The number of halogens is 2. The van der Waals surface area contributed by atoms with Crippen LogP contribution in [0.2, 0.25) is 0 Å². The third-order valence-electron chi connectivity index (χ3n) is 7.97. The molecule has 2 aromatic carbocycles. The van der Waals surface area contributed by atoms with Crippen LogP contribution in [0.3, 0.4) is 0 Å². The zero-order chi connectivity index (χ0) is 36.7. The van der Waals surface area contributed by atoms with Crippen molar-refractivity contribution in [2.24, 2.45) is 5.73 Å². The minimum absolute atomic E-state index is 0. The predicted octanol–water partition coefficient (Wildman–Crippen LogP) is -1.88. The van der Waals surface area contributed by atoms with Crippen LogP contribution in [0.25, 0.3) is 0 Å². The van der Waals surface area contributed by atoms with Gasteiger partial charge in [0, 0.05) is 85.0 Å². The van der Waals surface area contributed by atoms with Gasteiger partial charge in [-0.3, -0.25) is 4.79 Å². The number of hydrogen-bond donors (Lipinski definition) is 4. The number of carbonyl (C=O) groups is 2. The lowest BCUT2D eigenvalue weighted by Crippen LogP contribution is -2.72. The van der Waals surface area contributed by atoms with E-state index >= 15 is 0 Å². The summed E-state index contributed by atoms with van der Waals surface area (Å²) in [6.07, 6.45) is 0.750. The van der Waals surface area contributed by atoms with Gasteiger partial charge in [0.05, 0.1) is 13.1 Å². The van der Waals surface area contributed by atoms with Crippen molar-refractivity contribution in [1.82, 2.24) is 0 Å². The molecule has 2 atom stereocenters. The standard InChI is InChI=1S/C13H24B12N2O2S.C13H18Cl2N2O2.4CH4/c14-20-23(19)25(24(21(15)16)22(17)18)30-7-5-27(6-8-30)11-3-1-10(2-4-11)9-12(26)13(28)29;14-5-7-17(8-6-15)11-3-1-10(2-4-11)9-12(16)13(18)19;;;;/h1-4,12H,5-9,26H2,14-15H3,(H,28,29);1-4,12H,5-9,16H2,(H,18,19);4*1H4/q-1;;;;;/p+1. The molecule has 3 rings (SSSR count). The fourth-order valence-corrected chi connectivity index (χ4v) is 8.56. The fourth-order valence-electron chi connectivity index (χ4n) is 5.33. The van der Waals surface area contributed by atoms with Gasteiger partial charge in [-0.05, 0) is 49.6 Å². The molecule has 2 aromatic rings. The zero-order valence-electron chi connectivity index (χ0n) is 26.7. The first-order chi connectivity index (χ1) is 23.2. The molecular formula is C30H59B12Cl2N4O4S. The van der Waals surface area contributed by atoms with Gasteiger partial charge in [-0.25, -0.2) is 4.79 Å². The average molecular weight is 773 g/mol. The fraction of sp³-hybridized carbons (Fsp3) is 0.533. The molecule has 0 aliphatic carbocycles. The first-order valence-corrected chi connectivity index (χ1v) is 18.1. The van der Waals surface area contributed by atoms with Crippen molar-refractivity contribution in [2.45, 2.75) is 54.6 Å². The van der Waals surface area contributed by atoms with Crippen LogP contribution in [0, 0.1) is 0 Å². The van der Waals surface area contributed by atoms with Crippen molar-refractivity contribution < 1.29 is 25.5 Å². The van der Waals surface area contributed by atoms with Gasteiger partial charge in [-0.1, -0.05) is 80.2 Å². The molecule has 53 heavy (non-hydrogen) atoms. The van der Waals surface area contributed by atoms with Crippen LogP contribution in [0.1, 0.15) is 40.8 Å². The number of rotatable bonds is 18. The topological polar surface area (TPSA) is 135 Å². The second-order valence-electron chi connectivity index (χ2n) is 11.4.